The molecule has 0 unspecified atom stereocenters. The molecule has 0 atom stereocenters. The molecule has 1 fully saturated rings. The molecule has 5 heteroatoms. The average Bonchev–Trinajstić information content (AvgIpc) is 3.02. The number of carbonyl (C=O) groups is 1. The predicted octanol–water partition coefficient (Wildman–Crippen LogP) is 1.98. The first-order chi connectivity index (χ1) is 11.5. The number of aromatic nitrogens is 2. The first-order valence-electron chi connectivity index (χ1n) is 8.46. The van der Waals surface area contributed by atoms with Gasteiger partial charge in [-0.3, -0.25) is 9.48 Å². The molecule has 5 nitrogen and oxygen atoms in total. The van der Waals surface area contributed by atoms with E-state index in [0.29, 0.717) is 12.5 Å². The molecule has 2 aromatic rings. The minimum Gasteiger partial charge on any atom is -0.342 e. The fourth-order valence-corrected chi connectivity index (χ4v) is 3.28. The molecule has 1 saturated heterocycles. The van der Waals surface area contributed by atoms with Crippen LogP contribution >= 0.6 is 0 Å². The second-order valence-corrected chi connectivity index (χ2v) is 6.78. The third-order valence-corrected chi connectivity index (χ3v) is 4.79. The van der Waals surface area contributed by atoms with Crippen molar-refractivity contribution in [3.8, 4) is 11.1 Å². The minimum atomic E-state index is 0.212. The van der Waals surface area contributed by atoms with E-state index in [1.807, 2.05) is 36.5 Å². The number of carbonyl (C=O) groups excluding carboxylic acids is 1. The minimum absolute atomic E-state index is 0.212. The monoisotopic (exact) mass is 325 g/mol. The highest BCUT2D eigenvalue weighted by molar-refractivity contribution is 5.79. The molecular weight excluding hydrogens is 300 g/mol. The molecule has 1 aliphatic rings. The summed E-state index contributed by atoms with van der Waals surface area (Å²) in [5, 5.41) is 4.20. The first-order valence-corrected chi connectivity index (χ1v) is 8.46. The summed E-state index contributed by atoms with van der Waals surface area (Å²) in [6.45, 7) is 1.71. The normalized spacial score (nSPS) is 15.9. The van der Waals surface area contributed by atoms with E-state index in [0.717, 1.165) is 42.6 Å². The highest BCUT2D eigenvalue weighted by atomic mass is 16.2. The quantitative estimate of drug-likeness (QED) is 0.863. The van der Waals surface area contributed by atoms with Crippen molar-refractivity contribution in [3.63, 3.8) is 0 Å². The van der Waals surface area contributed by atoms with Gasteiger partial charge in [0.25, 0.3) is 0 Å². The summed E-state index contributed by atoms with van der Waals surface area (Å²) >= 11 is 0. The van der Waals surface area contributed by atoms with Crippen LogP contribution in [0.3, 0.4) is 0 Å². The van der Waals surface area contributed by atoms with Crippen LogP contribution in [-0.2, 0) is 18.3 Å². The highest BCUT2D eigenvalue weighted by Gasteiger charge is 2.23. The van der Waals surface area contributed by atoms with Gasteiger partial charge in [0.2, 0.25) is 5.91 Å². The fraction of sp³-hybridized carbons (Fsp3) is 0.474. The van der Waals surface area contributed by atoms with Crippen molar-refractivity contribution in [1.82, 2.24) is 19.6 Å². The van der Waals surface area contributed by atoms with Crippen LogP contribution in [0.1, 0.15) is 18.4 Å². The van der Waals surface area contributed by atoms with E-state index in [4.69, 9.17) is 0 Å². The molecule has 1 aromatic heterocycles. The van der Waals surface area contributed by atoms with E-state index in [2.05, 4.69) is 36.2 Å². The van der Waals surface area contributed by atoms with E-state index in [1.54, 1.807) is 4.68 Å². The molecule has 0 aliphatic carbocycles. The lowest BCUT2D eigenvalue weighted by Gasteiger charge is -2.35. The van der Waals surface area contributed by atoms with Crippen LogP contribution in [0, 0.1) is 6.07 Å². The molecule has 3 rings (SSSR count). The average molecular weight is 325 g/mol. The zero-order valence-electron chi connectivity index (χ0n) is 14.7. The molecule has 2 heterocycles. The molecule has 0 bridgehead atoms. The van der Waals surface area contributed by atoms with Gasteiger partial charge in [0.1, 0.15) is 0 Å². The van der Waals surface area contributed by atoms with Crippen molar-refractivity contribution < 1.29 is 4.79 Å². The Morgan fingerprint density at radius 2 is 2.04 bits per heavy atom. The smallest absolute Gasteiger partial charge is 0.226 e. The van der Waals surface area contributed by atoms with Crippen molar-refractivity contribution in [2.75, 3.05) is 27.2 Å². The third-order valence-electron chi connectivity index (χ3n) is 4.79. The Morgan fingerprint density at radius 1 is 1.29 bits per heavy atom. The zero-order chi connectivity index (χ0) is 17.1. The molecule has 127 valence electrons. The van der Waals surface area contributed by atoms with Gasteiger partial charge < -0.3 is 9.80 Å². The van der Waals surface area contributed by atoms with Gasteiger partial charge in [0, 0.05) is 37.9 Å². The van der Waals surface area contributed by atoms with Crippen LogP contribution in [0.4, 0.5) is 0 Å². The molecule has 1 aromatic carbocycles. The van der Waals surface area contributed by atoms with Crippen molar-refractivity contribution >= 4 is 5.91 Å². The lowest BCUT2D eigenvalue weighted by atomic mass is 10.0. The first kappa shape index (κ1) is 16.7. The molecular formula is C19H25N4O. The van der Waals surface area contributed by atoms with E-state index in [1.165, 1.54) is 0 Å². The number of benzene rings is 1. The molecule has 24 heavy (non-hydrogen) atoms. The Hall–Kier alpha value is -2.14. The largest absolute Gasteiger partial charge is 0.342 e. The van der Waals surface area contributed by atoms with Crippen molar-refractivity contribution in [2.45, 2.75) is 25.3 Å². The van der Waals surface area contributed by atoms with Gasteiger partial charge in [-0.15, -0.1) is 0 Å². The van der Waals surface area contributed by atoms with Gasteiger partial charge in [-0.25, -0.2) is 0 Å². The maximum atomic E-state index is 12.6. The molecule has 1 amide bonds. The van der Waals surface area contributed by atoms with E-state index in [9.17, 15) is 4.79 Å². The molecule has 0 spiro atoms. The fourth-order valence-electron chi connectivity index (χ4n) is 3.28. The van der Waals surface area contributed by atoms with Crippen molar-refractivity contribution in [2.24, 2.45) is 7.05 Å². The van der Waals surface area contributed by atoms with Crippen LogP contribution in [0.25, 0.3) is 11.1 Å². The number of rotatable bonds is 4. The Bertz CT molecular complexity index is 699. The zero-order valence-corrected chi connectivity index (χ0v) is 14.7. The summed E-state index contributed by atoms with van der Waals surface area (Å²) in [6.07, 6.45) is 6.36. The van der Waals surface area contributed by atoms with E-state index in [-0.39, 0.29) is 5.91 Å². The second-order valence-electron chi connectivity index (χ2n) is 6.78. The van der Waals surface area contributed by atoms with Gasteiger partial charge >= 0.3 is 0 Å². The van der Waals surface area contributed by atoms with Gasteiger partial charge in [0.05, 0.1) is 12.6 Å². The molecule has 0 N–H and O–H groups in total. The number of aryl methyl sites for hydroxylation is 1. The second kappa shape index (κ2) is 7.18. The topological polar surface area (TPSA) is 41.4 Å². The van der Waals surface area contributed by atoms with Crippen LogP contribution in [0.15, 0.2) is 30.6 Å². The standard InChI is InChI=1S/C19H25N4O/c1-21(2)18-7-9-23(10-8-18)19(24)12-15-5-4-6-16(11-15)17-13-20-22(3)14-17/h5-6,11,13-14,18H,7-10,12H2,1-3H3. The maximum absolute atomic E-state index is 12.6. The van der Waals surface area contributed by atoms with E-state index >= 15 is 0 Å². The van der Waals surface area contributed by atoms with Crippen LogP contribution < -0.4 is 0 Å². The lowest BCUT2D eigenvalue weighted by Crippen LogP contribution is -2.44. The lowest BCUT2D eigenvalue weighted by molar-refractivity contribution is -0.131. The van der Waals surface area contributed by atoms with Gasteiger partial charge in [-0.05, 0) is 50.2 Å². The van der Waals surface area contributed by atoms with Crippen LogP contribution in [-0.4, -0.2) is 58.7 Å². The number of hydrogen-bond donors (Lipinski definition) is 0. The Labute approximate surface area is 143 Å². The highest BCUT2D eigenvalue weighted by Crippen LogP contribution is 2.20. The summed E-state index contributed by atoms with van der Waals surface area (Å²) in [5.74, 6) is 0.212. The van der Waals surface area contributed by atoms with Crippen LogP contribution in [0.2, 0.25) is 0 Å². The van der Waals surface area contributed by atoms with Crippen LogP contribution in [0.5, 0.6) is 0 Å². The predicted molar refractivity (Wildman–Crippen MR) is 94.5 cm³/mol. The SMILES string of the molecule is CN(C)C1CCN(C(=O)Cc2c[c]cc(-c3cnn(C)c3)c2)CC1. The van der Waals surface area contributed by atoms with E-state index < -0.39 is 0 Å². The Balaban J connectivity index is 1.63. The summed E-state index contributed by atoms with van der Waals surface area (Å²) in [4.78, 5) is 16.8. The summed E-state index contributed by atoms with van der Waals surface area (Å²) < 4.78 is 1.78. The summed E-state index contributed by atoms with van der Waals surface area (Å²) in [7, 11) is 6.13. The number of amides is 1. The maximum Gasteiger partial charge on any atom is 0.226 e. The number of hydrogen-bond acceptors (Lipinski definition) is 3. The summed E-state index contributed by atoms with van der Waals surface area (Å²) in [5.41, 5.74) is 3.12. The molecule has 1 radical (unpaired) electrons. The molecule has 1 aliphatic heterocycles. The number of piperidine rings is 1. The van der Waals surface area contributed by atoms with Crippen molar-refractivity contribution in [3.05, 3.63) is 42.2 Å². The third kappa shape index (κ3) is 3.85. The number of nitrogens with zero attached hydrogens (tertiary/aromatic N) is 4. The Morgan fingerprint density at radius 3 is 2.67 bits per heavy atom. The van der Waals surface area contributed by atoms with Crippen molar-refractivity contribution in [1.29, 1.82) is 0 Å². The molecule has 0 saturated carbocycles. The Kier molecular flexibility index (Phi) is 5.00. The van der Waals surface area contributed by atoms with Gasteiger partial charge in [-0.1, -0.05) is 12.1 Å². The summed E-state index contributed by atoms with van der Waals surface area (Å²) in [6, 6.07) is 9.66. The number of likely N-dealkylation sites (tertiary alicyclic amines) is 1. The van der Waals surface area contributed by atoms with Gasteiger partial charge in [0.15, 0.2) is 0 Å². The van der Waals surface area contributed by atoms with Gasteiger partial charge in [-0.2, -0.15) is 5.10 Å².